The zero-order valence-corrected chi connectivity index (χ0v) is 15.4. The van der Waals surface area contributed by atoms with E-state index in [1.807, 2.05) is 30.3 Å². The number of esters is 1. The predicted octanol–water partition coefficient (Wildman–Crippen LogP) is 4.82. The average molecular weight is 360 g/mol. The molecular formula is C23H21O2P. The Hall–Kier alpha value is -2.44. The largest absolute Gasteiger partial charge is 0.461 e. The van der Waals surface area contributed by atoms with Gasteiger partial charge in [0.25, 0.3) is 0 Å². The fraction of sp³-hybridized carbons (Fsp3) is 0.174. The van der Waals surface area contributed by atoms with Crippen LogP contribution in [-0.2, 0) is 16.1 Å². The number of benzene rings is 2. The van der Waals surface area contributed by atoms with E-state index in [4.69, 9.17) is 4.74 Å². The van der Waals surface area contributed by atoms with Crippen molar-refractivity contribution in [2.24, 2.45) is 0 Å². The molecule has 0 radical (unpaired) electrons. The molecule has 1 heterocycles. The number of allylic oxidation sites excluding steroid dienone is 5. The summed E-state index contributed by atoms with van der Waals surface area (Å²) in [7, 11) is -0.450. The van der Waals surface area contributed by atoms with Gasteiger partial charge in [-0.05, 0) is 28.2 Å². The van der Waals surface area contributed by atoms with Crippen LogP contribution in [-0.4, -0.2) is 17.8 Å². The molecule has 2 aromatic carbocycles. The molecule has 1 aliphatic carbocycles. The Balaban J connectivity index is 1.43. The van der Waals surface area contributed by atoms with Crippen molar-refractivity contribution >= 4 is 25.3 Å². The Morgan fingerprint density at radius 3 is 2.69 bits per heavy atom. The minimum absolute atomic E-state index is 0.111. The number of ether oxygens (including phenoxy) is 1. The molecule has 2 nitrogen and oxygen atoms in total. The van der Waals surface area contributed by atoms with Gasteiger partial charge in [0.15, 0.2) is 0 Å². The molecule has 0 bridgehead atoms. The van der Waals surface area contributed by atoms with Gasteiger partial charge in [-0.15, -0.1) is 0 Å². The molecule has 0 amide bonds. The molecule has 26 heavy (non-hydrogen) atoms. The van der Waals surface area contributed by atoms with E-state index < -0.39 is 7.92 Å². The van der Waals surface area contributed by atoms with E-state index in [2.05, 4.69) is 54.6 Å². The number of hydrogen-bond donors (Lipinski definition) is 0. The summed E-state index contributed by atoms with van der Waals surface area (Å²) in [5.74, 6) is -0.111. The van der Waals surface area contributed by atoms with Crippen LogP contribution in [0.3, 0.4) is 0 Å². The van der Waals surface area contributed by atoms with Gasteiger partial charge in [-0.3, -0.25) is 4.79 Å². The van der Waals surface area contributed by atoms with Gasteiger partial charge in [-0.1, -0.05) is 92.9 Å². The molecule has 0 aromatic heterocycles. The molecule has 3 heteroatoms. The van der Waals surface area contributed by atoms with Crippen molar-refractivity contribution in [2.45, 2.75) is 18.7 Å². The van der Waals surface area contributed by atoms with Gasteiger partial charge in [0.1, 0.15) is 6.61 Å². The van der Waals surface area contributed by atoms with E-state index >= 15 is 0 Å². The van der Waals surface area contributed by atoms with Crippen LogP contribution in [0, 0.1) is 0 Å². The molecule has 0 spiro atoms. The third-order valence-corrected chi connectivity index (χ3v) is 7.61. The Kier molecular flexibility index (Phi) is 5.13. The van der Waals surface area contributed by atoms with E-state index in [0.29, 0.717) is 18.7 Å². The third-order valence-electron chi connectivity index (χ3n) is 4.74. The first-order valence-corrected chi connectivity index (χ1v) is 10.5. The number of carbonyl (C=O) groups is 1. The maximum absolute atomic E-state index is 12.3. The van der Waals surface area contributed by atoms with Gasteiger partial charge in [-0.25, -0.2) is 0 Å². The highest BCUT2D eigenvalue weighted by Gasteiger charge is 2.29. The molecule has 2 atom stereocenters. The van der Waals surface area contributed by atoms with Crippen LogP contribution in [0.25, 0.3) is 6.08 Å². The van der Waals surface area contributed by atoms with Crippen LogP contribution < -0.4 is 5.30 Å². The number of carbonyl (C=O) groups excluding carboxylic acids is 1. The zero-order valence-electron chi connectivity index (χ0n) is 14.5. The Bertz CT molecular complexity index is 880. The van der Waals surface area contributed by atoms with Crippen LogP contribution in [0.1, 0.15) is 17.5 Å². The molecule has 4 rings (SSSR count). The lowest BCUT2D eigenvalue weighted by Gasteiger charge is -2.33. The molecule has 0 fully saturated rings. The highest BCUT2D eigenvalue weighted by molar-refractivity contribution is 7.67. The van der Waals surface area contributed by atoms with Crippen LogP contribution in [0.4, 0.5) is 0 Å². The van der Waals surface area contributed by atoms with E-state index in [-0.39, 0.29) is 5.97 Å². The van der Waals surface area contributed by atoms with E-state index in [0.717, 1.165) is 11.7 Å². The SMILES string of the molecule is O=C(CCP1c2ccccc2C=C2C=CC=CC21)OCc1ccccc1. The second kappa shape index (κ2) is 7.85. The average Bonchev–Trinajstić information content (AvgIpc) is 2.70. The lowest BCUT2D eigenvalue weighted by atomic mass is 10.0. The summed E-state index contributed by atoms with van der Waals surface area (Å²) in [6, 6.07) is 18.4. The molecular weight excluding hydrogens is 339 g/mol. The van der Waals surface area contributed by atoms with Gasteiger partial charge in [0.2, 0.25) is 0 Å². The zero-order chi connectivity index (χ0) is 17.8. The Labute approximate surface area is 155 Å². The first kappa shape index (κ1) is 17.0. The normalized spacial score (nSPS) is 20.1. The first-order chi connectivity index (χ1) is 12.8. The lowest BCUT2D eigenvalue weighted by Crippen LogP contribution is -2.23. The van der Waals surface area contributed by atoms with E-state index in [9.17, 15) is 4.79 Å². The van der Waals surface area contributed by atoms with Gasteiger partial charge >= 0.3 is 5.97 Å². The predicted molar refractivity (Wildman–Crippen MR) is 109 cm³/mol. The minimum atomic E-state index is -0.450. The van der Waals surface area contributed by atoms with Gasteiger partial charge in [-0.2, -0.15) is 0 Å². The van der Waals surface area contributed by atoms with Gasteiger partial charge in [0.05, 0.1) is 0 Å². The van der Waals surface area contributed by atoms with Crippen LogP contribution in [0.5, 0.6) is 0 Å². The Morgan fingerprint density at radius 1 is 1.00 bits per heavy atom. The molecule has 0 saturated heterocycles. The summed E-state index contributed by atoms with van der Waals surface area (Å²) in [4.78, 5) is 12.3. The van der Waals surface area contributed by atoms with Crippen molar-refractivity contribution in [3.8, 4) is 0 Å². The highest BCUT2D eigenvalue weighted by Crippen LogP contribution is 2.50. The fourth-order valence-corrected chi connectivity index (χ4v) is 6.26. The monoisotopic (exact) mass is 360 g/mol. The topological polar surface area (TPSA) is 26.3 Å². The summed E-state index contributed by atoms with van der Waals surface area (Å²) < 4.78 is 5.47. The van der Waals surface area contributed by atoms with Crippen molar-refractivity contribution in [3.63, 3.8) is 0 Å². The third kappa shape index (κ3) is 3.71. The van der Waals surface area contributed by atoms with Crippen LogP contribution in [0.15, 0.2) is 84.5 Å². The molecule has 2 unspecified atom stereocenters. The minimum Gasteiger partial charge on any atom is -0.461 e. The summed E-state index contributed by atoms with van der Waals surface area (Å²) in [5, 5.41) is 1.40. The second-order valence-electron chi connectivity index (χ2n) is 6.48. The Morgan fingerprint density at radius 2 is 1.81 bits per heavy atom. The van der Waals surface area contributed by atoms with Gasteiger partial charge < -0.3 is 4.74 Å². The maximum atomic E-state index is 12.3. The molecule has 2 aromatic rings. The summed E-state index contributed by atoms with van der Waals surface area (Å²) in [6.07, 6.45) is 12.3. The number of hydrogen-bond acceptors (Lipinski definition) is 2. The summed E-state index contributed by atoms with van der Waals surface area (Å²) in [6.45, 7) is 0.353. The van der Waals surface area contributed by atoms with E-state index in [1.165, 1.54) is 16.4 Å². The van der Waals surface area contributed by atoms with Crippen LogP contribution >= 0.6 is 7.92 Å². The van der Waals surface area contributed by atoms with Crippen molar-refractivity contribution in [2.75, 3.05) is 6.16 Å². The van der Waals surface area contributed by atoms with Crippen molar-refractivity contribution < 1.29 is 9.53 Å². The highest BCUT2D eigenvalue weighted by atomic mass is 31.1. The molecule has 0 N–H and O–H groups in total. The summed E-state index contributed by atoms with van der Waals surface area (Å²) in [5.41, 5.74) is 4.09. The van der Waals surface area contributed by atoms with Crippen molar-refractivity contribution in [1.82, 2.24) is 0 Å². The molecule has 130 valence electrons. The molecule has 0 saturated carbocycles. The maximum Gasteiger partial charge on any atom is 0.306 e. The first-order valence-electron chi connectivity index (χ1n) is 8.93. The number of rotatable bonds is 5. The fourth-order valence-electron chi connectivity index (χ4n) is 3.45. The van der Waals surface area contributed by atoms with Crippen molar-refractivity contribution in [3.05, 3.63) is 95.6 Å². The standard InChI is InChI=1S/C23H21O2P/c24-23(25-17-18-8-2-1-3-9-18)14-15-26-21-12-6-4-10-19(21)16-20-11-5-7-13-22(20)26/h1-13,16,21H,14-15,17H2. The lowest BCUT2D eigenvalue weighted by molar-refractivity contribution is -0.144. The smallest absolute Gasteiger partial charge is 0.306 e. The van der Waals surface area contributed by atoms with Crippen LogP contribution in [0.2, 0.25) is 0 Å². The quantitative estimate of drug-likeness (QED) is 0.564. The molecule has 1 aliphatic heterocycles. The summed E-state index contributed by atoms with van der Waals surface area (Å²) >= 11 is 0. The van der Waals surface area contributed by atoms with E-state index in [1.54, 1.807) is 0 Å². The second-order valence-corrected chi connectivity index (χ2v) is 8.91. The number of fused-ring (bicyclic) bond motifs is 2. The van der Waals surface area contributed by atoms with Gasteiger partial charge in [0, 0.05) is 12.1 Å². The van der Waals surface area contributed by atoms with Crippen molar-refractivity contribution in [1.29, 1.82) is 0 Å². The molecule has 2 aliphatic rings.